The maximum absolute atomic E-state index is 6.41. The average molecular weight is 298 g/mol. The molecule has 0 unspecified atom stereocenters. The molecule has 0 saturated heterocycles. The van der Waals surface area contributed by atoms with Gasteiger partial charge in [0.1, 0.15) is 0 Å². The first-order chi connectivity index (χ1) is 6.86. The molecule has 0 fully saturated rings. The molecule has 0 aliphatic heterocycles. The fourth-order valence-corrected chi connectivity index (χ4v) is 7.82. The molecule has 0 radical (unpaired) electrons. The minimum Gasteiger partial charge on any atom is -0.0845 e. The van der Waals surface area contributed by atoms with E-state index in [0.29, 0.717) is 0 Å². The van der Waals surface area contributed by atoms with Crippen LogP contribution in [0, 0.1) is 0 Å². The fraction of sp³-hybridized carbons (Fsp3) is 0.400. The average Bonchev–Trinajstić information content (AvgIpc) is 1.99. The highest BCUT2D eigenvalue weighted by molar-refractivity contribution is 6.81. The molecule has 0 nitrogen and oxygen atoms in total. The molecule has 1 aromatic carbocycles. The summed E-state index contributed by atoms with van der Waals surface area (Å²) in [6.45, 7) is 8.92. The Hall–Kier alpha value is 0.524. The molecule has 5 heteroatoms. The fourth-order valence-electron chi connectivity index (χ4n) is 1.68. The summed E-state index contributed by atoms with van der Waals surface area (Å²) >= 11 is 18.8. The first kappa shape index (κ1) is 13.6. The van der Waals surface area contributed by atoms with Crippen molar-refractivity contribution in [3.05, 3.63) is 21.1 Å². The summed E-state index contributed by atoms with van der Waals surface area (Å²) in [5.74, 6) is 0. The van der Waals surface area contributed by atoms with Crippen molar-refractivity contribution in [1.82, 2.24) is 0 Å². The van der Waals surface area contributed by atoms with E-state index in [-0.39, 0.29) is 0 Å². The Morgan fingerprint density at radius 3 is 1.40 bits per heavy atom. The van der Waals surface area contributed by atoms with E-state index in [1.54, 1.807) is 0 Å². The summed E-state index contributed by atoms with van der Waals surface area (Å²) in [4.78, 5) is 0. The predicted molar refractivity (Wildman–Crippen MR) is 78.5 cm³/mol. The quantitative estimate of drug-likeness (QED) is 0.736. The largest absolute Gasteiger partial charge is 0.0845 e. The molecule has 0 bridgehead atoms. The van der Waals surface area contributed by atoms with Gasteiger partial charge in [-0.05, 0) is 16.4 Å². The van der Waals surface area contributed by atoms with Crippen molar-refractivity contribution in [2.75, 3.05) is 0 Å². The summed E-state index contributed by atoms with van der Waals surface area (Å²) in [6.07, 6.45) is 0. The molecular weight excluding hydrogens is 283 g/mol. The Balaban J connectivity index is 3.49. The van der Waals surface area contributed by atoms with E-state index in [4.69, 9.17) is 34.8 Å². The van der Waals surface area contributed by atoms with Crippen molar-refractivity contribution in [2.24, 2.45) is 0 Å². The van der Waals surface area contributed by atoms with Crippen LogP contribution in [0.3, 0.4) is 0 Å². The Morgan fingerprint density at radius 2 is 1.13 bits per heavy atom. The lowest BCUT2D eigenvalue weighted by Crippen LogP contribution is -2.35. The highest BCUT2D eigenvalue weighted by Gasteiger charge is 2.19. The summed E-state index contributed by atoms with van der Waals surface area (Å²) in [5, 5.41) is 4.66. The van der Waals surface area contributed by atoms with Crippen LogP contribution >= 0.6 is 34.8 Å². The molecule has 15 heavy (non-hydrogen) atoms. The minimum absolute atomic E-state index is 0.741. The zero-order chi connectivity index (χ0) is 11.7. The van der Waals surface area contributed by atoms with Gasteiger partial charge < -0.3 is 0 Å². The van der Waals surface area contributed by atoms with E-state index in [0.717, 1.165) is 15.1 Å². The van der Waals surface area contributed by atoms with Gasteiger partial charge in [-0.2, -0.15) is 0 Å². The molecular formula is C10H15Cl3Si2. The summed E-state index contributed by atoms with van der Waals surface area (Å²) in [6, 6.07) is 1.86. The first-order valence-corrected chi connectivity index (χ1v) is 11.9. The number of rotatable bonds is 2. The van der Waals surface area contributed by atoms with Gasteiger partial charge in [0, 0.05) is 15.1 Å². The smallest absolute Gasteiger partial charge is 0.0686 e. The number of benzene rings is 1. The van der Waals surface area contributed by atoms with Crippen molar-refractivity contribution in [1.29, 1.82) is 0 Å². The normalized spacial score (nSPS) is 11.5. The van der Waals surface area contributed by atoms with Gasteiger partial charge in [-0.25, -0.2) is 0 Å². The number of halogens is 3. The zero-order valence-corrected chi connectivity index (χ0v) is 13.9. The van der Waals surface area contributed by atoms with Crippen molar-refractivity contribution < 1.29 is 0 Å². The van der Waals surface area contributed by atoms with E-state index >= 15 is 0 Å². The molecule has 0 heterocycles. The van der Waals surface area contributed by atoms with Crippen LogP contribution in [0.1, 0.15) is 0 Å². The van der Waals surface area contributed by atoms with Crippen LogP contribution in [0.15, 0.2) is 6.07 Å². The third kappa shape index (κ3) is 2.80. The van der Waals surface area contributed by atoms with Gasteiger partial charge in [0.15, 0.2) is 0 Å². The monoisotopic (exact) mass is 296 g/mol. The standard InChI is InChI=1S/C10H15Cl3Si2/c1-14(2)9-6(11)5-7(12)10(8(9)13)15(3)4/h5,14-15H,1-4H3. The molecule has 0 saturated carbocycles. The van der Waals surface area contributed by atoms with E-state index < -0.39 is 17.6 Å². The van der Waals surface area contributed by atoms with Crippen LogP contribution in [-0.4, -0.2) is 17.6 Å². The predicted octanol–water partition coefficient (Wildman–Crippen LogP) is 3.03. The molecule has 0 aliphatic rings. The van der Waals surface area contributed by atoms with Crippen LogP contribution in [0.2, 0.25) is 41.3 Å². The maximum Gasteiger partial charge on any atom is 0.0686 e. The highest BCUT2D eigenvalue weighted by atomic mass is 35.5. The minimum atomic E-state index is -0.998. The highest BCUT2D eigenvalue weighted by Crippen LogP contribution is 2.20. The molecule has 84 valence electrons. The molecule has 0 aromatic heterocycles. The topological polar surface area (TPSA) is 0 Å². The second-order valence-electron chi connectivity index (χ2n) is 4.29. The van der Waals surface area contributed by atoms with E-state index in [9.17, 15) is 0 Å². The van der Waals surface area contributed by atoms with Crippen LogP contribution in [0.4, 0.5) is 0 Å². The first-order valence-electron chi connectivity index (χ1n) is 5.03. The van der Waals surface area contributed by atoms with Gasteiger partial charge >= 0.3 is 0 Å². The van der Waals surface area contributed by atoms with Crippen molar-refractivity contribution in [3.8, 4) is 0 Å². The molecule has 0 amide bonds. The van der Waals surface area contributed by atoms with Gasteiger partial charge in [0.2, 0.25) is 0 Å². The molecule has 1 aromatic rings. The molecule has 1 rings (SSSR count). The third-order valence-corrected chi connectivity index (χ3v) is 7.67. The van der Waals surface area contributed by atoms with Gasteiger partial charge in [-0.1, -0.05) is 61.0 Å². The van der Waals surface area contributed by atoms with Gasteiger partial charge in [-0.3, -0.25) is 0 Å². The van der Waals surface area contributed by atoms with Crippen LogP contribution in [0.5, 0.6) is 0 Å². The Labute approximate surface area is 110 Å². The van der Waals surface area contributed by atoms with Crippen LogP contribution < -0.4 is 10.4 Å². The molecule has 0 aliphatic carbocycles. The van der Waals surface area contributed by atoms with Crippen LogP contribution in [0.25, 0.3) is 0 Å². The second-order valence-corrected chi connectivity index (χ2v) is 11.3. The molecule has 0 spiro atoms. The van der Waals surface area contributed by atoms with Gasteiger partial charge in [0.05, 0.1) is 17.6 Å². The summed E-state index contributed by atoms with van der Waals surface area (Å²) < 4.78 is 0. The Bertz CT molecular complexity index is 343. The number of hydrogen-bond acceptors (Lipinski definition) is 0. The molecule has 0 N–H and O–H groups in total. The Morgan fingerprint density at radius 1 is 0.800 bits per heavy atom. The SMILES string of the molecule is C[SiH](C)c1c(Cl)cc(Cl)c([SiH](C)C)c1Cl. The van der Waals surface area contributed by atoms with Gasteiger partial charge in [-0.15, -0.1) is 0 Å². The number of hydrogen-bond donors (Lipinski definition) is 0. The second kappa shape index (κ2) is 5.24. The maximum atomic E-state index is 6.41. The third-order valence-electron chi connectivity index (χ3n) is 2.40. The molecule has 0 atom stereocenters. The zero-order valence-electron chi connectivity index (χ0n) is 9.37. The Kier molecular flexibility index (Phi) is 4.74. The van der Waals surface area contributed by atoms with Crippen LogP contribution in [-0.2, 0) is 0 Å². The lowest BCUT2D eigenvalue weighted by Gasteiger charge is -2.17. The summed E-state index contributed by atoms with van der Waals surface area (Å²) in [5.41, 5.74) is 0. The van der Waals surface area contributed by atoms with E-state index in [1.165, 1.54) is 10.4 Å². The van der Waals surface area contributed by atoms with Gasteiger partial charge in [0.25, 0.3) is 0 Å². The van der Waals surface area contributed by atoms with E-state index in [1.807, 2.05) is 6.07 Å². The van der Waals surface area contributed by atoms with Crippen molar-refractivity contribution >= 4 is 62.8 Å². The van der Waals surface area contributed by atoms with E-state index in [2.05, 4.69) is 26.2 Å². The summed E-state index contributed by atoms with van der Waals surface area (Å²) in [7, 11) is -2.00. The lowest BCUT2D eigenvalue weighted by atomic mass is 10.3. The van der Waals surface area contributed by atoms with Crippen molar-refractivity contribution in [2.45, 2.75) is 26.2 Å². The lowest BCUT2D eigenvalue weighted by molar-refractivity contribution is 1.75. The van der Waals surface area contributed by atoms with Crippen molar-refractivity contribution in [3.63, 3.8) is 0 Å².